The second kappa shape index (κ2) is 14.2. The summed E-state index contributed by atoms with van der Waals surface area (Å²) in [6.07, 6.45) is 4.35. The van der Waals surface area contributed by atoms with Crippen LogP contribution in [0.4, 0.5) is 0 Å². The first-order valence-corrected chi connectivity index (χ1v) is 9.33. The van der Waals surface area contributed by atoms with Gasteiger partial charge >= 0.3 is 5.97 Å². The SMILES string of the molecule is CCCC(=O)N(C=O)OC(=O)CCCCCCC(=O)NC(CN)C(C)C. The predicted molar refractivity (Wildman–Crippen MR) is 97.4 cm³/mol. The van der Waals surface area contributed by atoms with Crippen LogP contribution in [0.15, 0.2) is 0 Å². The van der Waals surface area contributed by atoms with E-state index in [4.69, 9.17) is 10.6 Å². The second-order valence-electron chi connectivity index (χ2n) is 6.61. The fourth-order valence-corrected chi connectivity index (χ4v) is 2.30. The van der Waals surface area contributed by atoms with Gasteiger partial charge in [-0.2, -0.15) is 0 Å². The number of hydroxylamine groups is 2. The molecule has 0 saturated carbocycles. The average Bonchev–Trinajstić information content (AvgIpc) is 2.60. The summed E-state index contributed by atoms with van der Waals surface area (Å²) in [7, 11) is 0. The zero-order valence-corrected chi connectivity index (χ0v) is 16.2. The minimum absolute atomic E-state index is 0.00606. The third-order valence-corrected chi connectivity index (χ3v) is 3.95. The molecule has 0 aromatic rings. The molecule has 150 valence electrons. The number of rotatable bonds is 13. The minimum atomic E-state index is -0.609. The molecule has 3 N–H and O–H groups in total. The van der Waals surface area contributed by atoms with Gasteiger partial charge in [-0.15, -0.1) is 5.06 Å². The van der Waals surface area contributed by atoms with Crippen LogP contribution >= 0.6 is 0 Å². The average molecular weight is 371 g/mol. The van der Waals surface area contributed by atoms with E-state index in [0.29, 0.717) is 36.8 Å². The molecular formula is C18H33N3O5. The van der Waals surface area contributed by atoms with Gasteiger partial charge in [0.15, 0.2) is 0 Å². The number of nitrogens with one attached hydrogen (secondary N) is 1. The van der Waals surface area contributed by atoms with Crippen molar-refractivity contribution in [2.45, 2.75) is 78.2 Å². The molecule has 0 saturated heterocycles. The molecule has 0 aliphatic carbocycles. The summed E-state index contributed by atoms with van der Waals surface area (Å²) >= 11 is 0. The highest BCUT2D eigenvalue weighted by Gasteiger charge is 2.17. The summed E-state index contributed by atoms with van der Waals surface area (Å²) in [4.78, 5) is 50.4. The Morgan fingerprint density at radius 3 is 2.19 bits per heavy atom. The molecule has 0 aliphatic rings. The van der Waals surface area contributed by atoms with E-state index in [-0.39, 0.29) is 31.2 Å². The van der Waals surface area contributed by atoms with Gasteiger partial charge in [-0.3, -0.25) is 14.4 Å². The molecule has 0 heterocycles. The van der Waals surface area contributed by atoms with Crippen LogP contribution in [0.1, 0.15) is 72.1 Å². The molecule has 0 aromatic heterocycles. The number of imide groups is 1. The summed E-state index contributed by atoms with van der Waals surface area (Å²) < 4.78 is 0. The summed E-state index contributed by atoms with van der Waals surface area (Å²) in [6, 6.07) is -0.00606. The van der Waals surface area contributed by atoms with Gasteiger partial charge in [-0.25, -0.2) is 4.79 Å². The lowest BCUT2D eigenvalue weighted by atomic mass is 10.0. The van der Waals surface area contributed by atoms with E-state index in [1.165, 1.54) is 0 Å². The number of hydrogen-bond acceptors (Lipinski definition) is 6. The van der Waals surface area contributed by atoms with E-state index < -0.39 is 11.9 Å². The van der Waals surface area contributed by atoms with Gasteiger partial charge in [-0.05, 0) is 25.2 Å². The number of amides is 3. The summed E-state index contributed by atoms with van der Waals surface area (Å²) in [6.45, 7) is 6.24. The molecule has 8 nitrogen and oxygen atoms in total. The maximum absolute atomic E-state index is 11.8. The van der Waals surface area contributed by atoms with E-state index in [9.17, 15) is 19.2 Å². The molecule has 0 spiro atoms. The molecule has 1 atom stereocenters. The number of hydrogen-bond donors (Lipinski definition) is 2. The van der Waals surface area contributed by atoms with Crippen molar-refractivity contribution in [3.05, 3.63) is 0 Å². The number of unbranched alkanes of at least 4 members (excludes halogenated alkanes) is 3. The molecule has 0 radical (unpaired) electrons. The van der Waals surface area contributed by atoms with Crippen molar-refractivity contribution in [3.8, 4) is 0 Å². The van der Waals surface area contributed by atoms with Gasteiger partial charge in [0.05, 0.1) is 0 Å². The Morgan fingerprint density at radius 2 is 1.69 bits per heavy atom. The Labute approximate surface area is 155 Å². The van der Waals surface area contributed by atoms with Gasteiger partial charge in [0.1, 0.15) is 0 Å². The van der Waals surface area contributed by atoms with E-state index in [2.05, 4.69) is 5.32 Å². The van der Waals surface area contributed by atoms with Crippen LogP contribution in [-0.4, -0.2) is 41.8 Å². The summed E-state index contributed by atoms with van der Waals surface area (Å²) in [5.74, 6) is -0.851. The normalized spacial score (nSPS) is 11.7. The largest absolute Gasteiger partial charge is 0.352 e. The molecule has 0 rings (SSSR count). The zero-order valence-electron chi connectivity index (χ0n) is 16.2. The van der Waals surface area contributed by atoms with Gasteiger partial charge in [0, 0.05) is 31.8 Å². The first-order chi connectivity index (χ1) is 12.3. The lowest BCUT2D eigenvalue weighted by Crippen LogP contribution is -2.43. The van der Waals surface area contributed by atoms with Crippen molar-refractivity contribution in [1.29, 1.82) is 0 Å². The predicted octanol–water partition coefficient (Wildman–Crippen LogP) is 1.67. The Hall–Kier alpha value is -1.96. The highest BCUT2D eigenvalue weighted by Crippen LogP contribution is 2.08. The van der Waals surface area contributed by atoms with E-state index in [1.54, 1.807) is 6.92 Å². The van der Waals surface area contributed by atoms with Crippen LogP contribution in [0.25, 0.3) is 0 Å². The second-order valence-corrected chi connectivity index (χ2v) is 6.61. The number of carbonyl (C=O) groups excluding carboxylic acids is 4. The minimum Gasteiger partial charge on any atom is -0.352 e. The monoisotopic (exact) mass is 371 g/mol. The molecule has 3 amide bonds. The third-order valence-electron chi connectivity index (χ3n) is 3.95. The van der Waals surface area contributed by atoms with Crippen molar-refractivity contribution < 1.29 is 24.0 Å². The molecule has 0 bridgehead atoms. The van der Waals surface area contributed by atoms with E-state index in [1.807, 2.05) is 13.8 Å². The number of carbonyl (C=O) groups is 4. The highest BCUT2D eigenvalue weighted by atomic mass is 16.7. The van der Waals surface area contributed by atoms with Crippen LogP contribution in [-0.2, 0) is 24.0 Å². The van der Waals surface area contributed by atoms with Gasteiger partial charge in [0.25, 0.3) is 12.3 Å². The van der Waals surface area contributed by atoms with E-state index in [0.717, 1.165) is 19.3 Å². The molecule has 8 heteroatoms. The van der Waals surface area contributed by atoms with E-state index >= 15 is 0 Å². The van der Waals surface area contributed by atoms with Crippen molar-refractivity contribution in [3.63, 3.8) is 0 Å². The Morgan fingerprint density at radius 1 is 1.08 bits per heavy atom. The number of nitrogens with two attached hydrogens (primary N) is 1. The summed E-state index contributed by atoms with van der Waals surface area (Å²) in [5, 5.41) is 3.37. The number of nitrogens with zero attached hydrogens (tertiary/aromatic N) is 1. The van der Waals surface area contributed by atoms with Gasteiger partial charge in [-0.1, -0.05) is 33.6 Å². The Bertz CT molecular complexity index is 454. The van der Waals surface area contributed by atoms with Crippen LogP contribution in [0.5, 0.6) is 0 Å². The quantitative estimate of drug-likeness (QED) is 0.289. The molecule has 0 fully saturated rings. The first-order valence-electron chi connectivity index (χ1n) is 9.33. The maximum Gasteiger partial charge on any atom is 0.333 e. The molecule has 0 aliphatic heterocycles. The zero-order chi connectivity index (χ0) is 19.9. The van der Waals surface area contributed by atoms with Crippen LogP contribution < -0.4 is 11.1 Å². The third kappa shape index (κ3) is 10.8. The smallest absolute Gasteiger partial charge is 0.333 e. The van der Waals surface area contributed by atoms with Crippen LogP contribution in [0.3, 0.4) is 0 Å². The van der Waals surface area contributed by atoms with Crippen LogP contribution in [0.2, 0.25) is 0 Å². The highest BCUT2D eigenvalue weighted by molar-refractivity contribution is 5.86. The Balaban J connectivity index is 3.86. The maximum atomic E-state index is 11.8. The molecule has 1 unspecified atom stereocenters. The van der Waals surface area contributed by atoms with Crippen molar-refractivity contribution >= 4 is 24.2 Å². The summed E-state index contributed by atoms with van der Waals surface area (Å²) in [5.41, 5.74) is 5.62. The molecule has 0 aromatic carbocycles. The topological polar surface area (TPSA) is 119 Å². The van der Waals surface area contributed by atoms with Crippen molar-refractivity contribution in [2.75, 3.05) is 6.54 Å². The lowest BCUT2D eigenvalue weighted by molar-refractivity contribution is -0.196. The fraction of sp³-hybridized carbons (Fsp3) is 0.778. The van der Waals surface area contributed by atoms with Gasteiger partial charge < -0.3 is 15.9 Å². The Kier molecular flexibility index (Phi) is 13.2. The van der Waals surface area contributed by atoms with Crippen molar-refractivity contribution in [2.24, 2.45) is 11.7 Å². The lowest BCUT2D eigenvalue weighted by Gasteiger charge is -2.20. The first kappa shape index (κ1) is 24.0. The molecule has 26 heavy (non-hydrogen) atoms. The van der Waals surface area contributed by atoms with Crippen molar-refractivity contribution in [1.82, 2.24) is 10.4 Å². The van der Waals surface area contributed by atoms with Crippen LogP contribution in [0, 0.1) is 5.92 Å². The fourth-order valence-electron chi connectivity index (χ4n) is 2.30. The standard InChI is InChI=1S/C18H33N3O5/c1-4-9-17(24)21(13-22)26-18(25)11-8-6-5-7-10-16(23)20-15(12-19)14(2)3/h13-15H,4-12,19H2,1-3H3,(H,20,23). The van der Waals surface area contributed by atoms with Gasteiger partial charge in [0.2, 0.25) is 5.91 Å². The molecular weight excluding hydrogens is 338 g/mol.